The van der Waals surface area contributed by atoms with Gasteiger partial charge in [0.1, 0.15) is 0 Å². The Balaban J connectivity index is 2.02. The van der Waals surface area contributed by atoms with Crippen molar-refractivity contribution in [2.45, 2.75) is 30.9 Å². The summed E-state index contributed by atoms with van der Waals surface area (Å²) in [5, 5.41) is 2.88. The number of amides is 1. The second-order valence-corrected chi connectivity index (χ2v) is 6.29. The fourth-order valence-corrected chi connectivity index (χ4v) is 2.75. The predicted molar refractivity (Wildman–Crippen MR) is 86.3 cm³/mol. The van der Waals surface area contributed by atoms with Crippen LogP contribution in [0.5, 0.6) is 0 Å². The van der Waals surface area contributed by atoms with Crippen LogP contribution in [0.2, 0.25) is 0 Å². The third-order valence-electron chi connectivity index (χ3n) is 3.08. The van der Waals surface area contributed by atoms with Crippen molar-refractivity contribution >= 4 is 23.4 Å². The van der Waals surface area contributed by atoms with Crippen LogP contribution in [0.4, 0.5) is 5.69 Å². The fourth-order valence-electron chi connectivity index (χ4n) is 1.86. The summed E-state index contributed by atoms with van der Waals surface area (Å²) in [5.41, 5.74) is 3.13. The Kier molecular flexibility index (Phi) is 4.85. The van der Waals surface area contributed by atoms with E-state index in [0.717, 1.165) is 21.7 Å². The lowest BCUT2D eigenvalue weighted by atomic mass is 10.1. The number of benzene rings is 2. The standard InChI is InChI=1S/C17H19NOS/c1-12-9-10-13(2)16(11-12)18-17(19)14(3)20-15-7-5-4-6-8-15/h4-11,14H,1-3H3,(H,18,19)/t14-/m1/s1. The second-order valence-electron chi connectivity index (χ2n) is 4.88. The molecular formula is C17H19NOS. The molecule has 2 nitrogen and oxygen atoms in total. The first-order valence-electron chi connectivity index (χ1n) is 6.66. The Morgan fingerprint density at radius 2 is 1.80 bits per heavy atom. The highest BCUT2D eigenvalue weighted by Gasteiger charge is 2.15. The van der Waals surface area contributed by atoms with E-state index in [1.807, 2.05) is 69.3 Å². The molecule has 2 rings (SSSR count). The Bertz CT molecular complexity index is 595. The zero-order chi connectivity index (χ0) is 14.5. The molecule has 0 aromatic heterocycles. The maximum absolute atomic E-state index is 12.2. The molecule has 0 radical (unpaired) electrons. The number of carbonyl (C=O) groups excluding carboxylic acids is 1. The summed E-state index contributed by atoms with van der Waals surface area (Å²) in [6.07, 6.45) is 0. The molecule has 0 bridgehead atoms. The molecule has 1 N–H and O–H groups in total. The molecule has 2 aromatic carbocycles. The Morgan fingerprint density at radius 1 is 1.10 bits per heavy atom. The van der Waals surface area contributed by atoms with Crippen LogP contribution in [0.25, 0.3) is 0 Å². The van der Waals surface area contributed by atoms with Crippen molar-refractivity contribution < 1.29 is 4.79 Å². The Hall–Kier alpha value is -1.74. The van der Waals surface area contributed by atoms with E-state index in [-0.39, 0.29) is 11.2 Å². The largest absolute Gasteiger partial charge is 0.325 e. The number of thioether (sulfide) groups is 1. The van der Waals surface area contributed by atoms with E-state index in [1.165, 1.54) is 0 Å². The van der Waals surface area contributed by atoms with E-state index < -0.39 is 0 Å². The normalized spacial score (nSPS) is 11.9. The first-order chi connectivity index (χ1) is 9.56. The zero-order valence-electron chi connectivity index (χ0n) is 12.0. The van der Waals surface area contributed by atoms with E-state index in [9.17, 15) is 4.79 Å². The Morgan fingerprint density at radius 3 is 2.50 bits per heavy atom. The molecule has 1 amide bonds. The number of hydrogen-bond acceptors (Lipinski definition) is 2. The molecule has 0 saturated heterocycles. The number of hydrogen-bond donors (Lipinski definition) is 1. The topological polar surface area (TPSA) is 29.1 Å². The van der Waals surface area contributed by atoms with E-state index in [4.69, 9.17) is 0 Å². The maximum Gasteiger partial charge on any atom is 0.237 e. The number of anilines is 1. The second kappa shape index (κ2) is 6.62. The number of carbonyl (C=O) groups is 1. The van der Waals surface area contributed by atoms with Crippen molar-refractivity contribution in [2.75, 3.05) is 5.32 Å². The van der Waals surface area contributed by atoms with E-state index in [1.54, 1.807) is 11.8 Å². The highest BCUT2D eigenvalue weighted by Crippen LogP contribution is 2.24. The molecule has 104 valence electrons. The molecule has 0 aliphatic rings. The van der Waals surface area contributed by atoms with Crippen LogP contribution in [-0.4, -0.2) is 11.2 Å². The molecule has 0 saturated carbocycles. The number of aryl methyl sites for hydroxylation is 2. The molecule has 20 heavy (non-hydrogen) atoms. The molecule has 0 spiro atoms. The lowest BCUT2D eigenvalue weighted by molar-refractivity contribution is -0.115. The van der Waals surface area contributed by atoms with Crippen molar-refractivity contribution in [1.82, 2.24) is 0 Å². The summed E-state index contributed by atoms with van der Waals surface area (Å²) in [6.45, 7) is 5.96. The summed E-state index contributed by atoms with van der Waals surface area (Å²) in [4.78, 5) is 13.4. The molecule has 1 atom stereocenters. The third kappa shape index (κ3) is 3.87. The van der Waals surface area contributed by atoms with Gasteiger partial charge in [-0.1, -0.05) is 30.3 Å². The molecule has 0 heterocycles. The summed E-state index contributed by atoms with van der Waals surface area (Å²) < 4.78 is 0. The van der Waals surface area contributed by atoms with Crippen molar-refractivity contribution in [1.29, 1.82) is 0 Å². The average molecular weight is 285 g/mol. The highest BCUT2D eigenvalue weighted by atomic mass is 32.2. The maximum atomic E-state index is 12.2. The third-order valence-corrected chi connectivity index (χ3v) is 4.19. The molecule has 3 heteroatoms. The fraction of sp³-hybridized carbons (Fsp3) is 0.235. The van der Waals surface area contributed by atoms with Crippen LogP contribution in [0.1, 0.15) is 18.1 Å². The SMILES string of the molecule is Cc1ccc(C)c(NC(=O)[C@@H](C)Sc2ccccc2)c1. The van der Waals surface area contributed by atoms with Gasteiger partial charge in [-0.05, 0) is 50.1 Å². The van der Waals surface area contributed by atoms with E-state index >= 15 is 0 Å². The van der Waals surface area contributed by atoms with Crippen molar-refractivity contribution in [3.05, 3.63) is 59.7 Å². The lowest BCUT2D eigenvalue weighted by Gasteiger charge is -2.14. The van der Waals surface area contributed by atoms with Gasteiger partial charge in [-0.15, -0.1) is 11.8 Å². The van der Waals surface area contributed by atoms with Gasteiger partial charge in [0.15, 0.2) is 0 Å². The van der Waals surface area contributed by atoms with Crippen LogP contribution in [0.3, 0.4) is 0 Å². The lowest BCUT2D eigenvalue weighted by Crippen LogP contribution is -2.22. The van der Waals surface area contributed by atoms with Crippen LogP contribution in [0.15, 0.2) is 53.4 Å². The zero-order valence-corrected chi connectivity index (χ0v) is 12.8. The van der Waals surface area contributed by atoms with Gasteiger partial charge in [0, 0.05) is 10.6 Å². The number of nitrogens with one attached hydrogen (secondary N) is 1. The van der Waals surface area contributed by atoms with Crippen LogP contribution < -0.4 is 5.32 Å². The summed E-state index contributed by atoms with van der Waals surface area (Å²) in [7, 11) is 0. The minimum absolute atomic E-state index is 0.0348. The van der Waals surface area contributed by atoms with Gasteiger partial charge in [-0.2, -0.15) is 0 Å². The van der Waals surface area contributed by atoms with Gasteiger partial charge in [0.2, 0.25) is 5.91 Å². The predicted octanol–water partition coefficient (Wildman–Crippen LogP) is 4.42. The summed E-state index contributed by atoms with van der Waals surface area (Å²) in [6, 6.07) is 16.1. The minimum atomic E-state index is -0.127. The minimum Gasteiger partial charge on any atom is -0.325 e. The smallest absolute Gasteiger partial charge is 0.237 e. The molecule has 0 unspecified atom stereocenters. The van der Waals surface area contributed by atoms with Crippen molar-refractivity contribution in [2.24, 2.45) is 0 Å². The van der Waals surface area contributed by atoms with Crippen LogP contribution in [0, 0.1) is 13.8 Å². The van der Waals surface area contributed by atoms with Gasteiger partial charge in [0.25, 0.3) is 0 Å². The van der Waals surface area contributed by atoms with Crippen LogP contribution in [-0.2, 0) is 4.79 Å². The first-order valence-corrected chi connectivity index (χ1v) is 7.54. The molecule has 0 aliphatic carbocycles. The van der Waals surface area contributed by atoms with Gasteiger partial charge < -0.3 is 5.32 Å². The van der Waals surface area contributed by atoms with Gasteiger partial charge in [-0.25, -0.2) is 0 Å². The summed E-state index contributed by atoms with van der Waals surface area (Å²) >= 11 is 1.57. The molecule has 0 fully saturated rings. The quantitative estimate of drug-likeness (QED) is 0.842. The highest BCUT2D eigenvalue weighted by molar-refractivity contribution is 8.00. The molecular weight excluding hydrogens is 266 g/mol. The van der Waals surface area contributed by atoms with Gasteiger partial charge in [-0.3, -0.25) is 4.79 Å². The van der Waals surface area contributed by atoms with E-state index in [0.29, 0.717) is 0 Å². The van der Waals surface area contributed by atoms with Gasteiger partial charge >= 0.3 is 0 Å². The Labute approximate surface area is 124 Å². The monoisotopic (exact) mass is 285 g/mol. The molecule has 2 aromatic rings. The van der Waals surface area contributed by atoms with Crippen LogP contribution >= 0.6 is 11.8 Å². The van der Waals surface area contributed by atoms with Gasteiger partial charge in [0.05, 0.1) is 5.25 Å². The van der Waals surface area contributed by atoms with Crippen molar-refractivity contribution in [3.63, 3.8) is 0 Å². The summed E-state index contributed by atoms with van der Waals surface area (Å²) in [5.74, 6) is 0.0348. The molecule has 0 aliphatic heterocycles. The first kappa shape index (κ1) is 14.7. The number of rotatable bonds is 4. The van der Waals surface area contributed by atoms with Crippen molar-refractivity contribution in [3.8, 4) is 0 Å². The average Bonchev–Trinajstić information content (AvgIpc) is 2.44. The van der Waals surface area contributed by atoms with E-state index in [2.05, 4.69) is 5.32 Å².